The van der Waals surface area contributed by atoms with E-state index in [4.69, 9.17) is 4.99 Å². The second-order valence-electron chi connectivity index (χ2n) is 10.5. The summed E-state index contributed by atoms with van der Waals surface area (Å²) in [4.78, 5) is 8.94. The molecule has 3 heterocycles. The number of nitrogens with one attached hydrogen (secondary N) is 1. The van der Waals surface area contributed by atoms with E-state index in [-0.39, 0.29) is 0 Å². The summed E-state index contributed by atoms with van der Waals surface area (Å²) >= 11 is 0. The van der Waals surface area contributed by atoms with Gasteiger partial charge in [0.1, 0.15) is 0 Å². The molecule has 0 saturated heterocycles. The maximum Gasteiger partial charge on any atom is 0.0693 e. The predicted molar refractivity (Wildman–Crippen MR) is 163 cm³/mol. The number of aromatic nitrogens is 1. The summed E-state index contributed by atoms with van der Waals surface area (Å²) in [6.45, 7) is 8.88. The van der Waals surface area contributed by atoms with Gasteiger partial charge in [-0.2, -0.15) is 0 Å². The van der Waals surface area contributed by atoms with Crippen LogP contribution < -0.4 is 10.7 Å². The zero-order valence-corrected chi connectivity index (χ0v) is 22.9. The first-order valence-electron chi connectivity index (χ1n) is 13.9. The third-order valence-corrected chi connectivity index (χ3v) is 8.36. The first-order valence-corrected chi connectivity index (χ1v) is 13.9. The fourth-order valence-corrected chi connectivity index (χ4v) is 6.31. The van der Waals surface area contributed by atoms with Crippen molar-refractivity contribution in [2.75, 3.05) is 0 Å². The molecule has 1 aromatic carbocycles. The van der Waals surface area contributed by atoms with Crippen molar-refractivity contribution in [1.82, 2.24) is 4.98 Å². The van der Waals surface area contributed by atoms with Crippen LogP contribution >= 0.6 is 0 Å². The second-order valence-corrected chi connectivity index (χ2v) is 10.5. The number of aliphatic imine (C=N–C) groups is 1. The maximum atomic E-state index is 5.19. The summed E-state index contributed by atoms with van der Waals surface area (Å²) in [5, 5.41) is 2.26. The monoisotopic (exact) mass is 502 g/mol. The van der Waals surface area contributed by atoms with Gasteiger partial charge in [-0.25, -0.2) is 4.99 Å². The number of benzene rings is 1. The molecule has 0 fully saturated rings. The van der Waals surface area contributed by atoms with E-state index in [1.807, 2.05) is 12.2 Å². The van der Waals surface area contributed by atoms with Crippen LogP contribution in [0.4, 0.5) is 0 Å². The lowest BCUT2D eigenvalue weighted by Gasteiger charge is -2.05. The van der Waals surface area contributed by atoms with Crippen molar-refractivity contribution < 1.29 is 0 Å². The van der Waals surface area contributed by atoms with Crippen LogP contribution in [0.2, 0.25) is 0 Å². The Morgan fingerprint density at radius 2 is 1.62 bits per heavy atom. The van der Waals surface area contributed by atoms with Gasteiger partial charge in [0.15, 0.2) is 0 Å². The molecule has 0 radical (unpaired) electrons. The van der Waals surface area contributed by atoms with E-state index in [1.54, 1.807) is 0 Å². The zero-order valence-electron chi connectivity index (χ0n) is 22.9. The quantitative estimate of drug-likeness (QED) is 0.426. The van der Waals surface area contributed by atoms with Gasteiger partial charge in [-0.15, -0.1) is 11.5 Å². The number of hydrogen-bond donors (Lipinski definition) is 1. The number of nitrogens with zero attached hydrogens (tertiary/aromatic N) is 1. The minimum Gasteiger partial charge on any atom is -0.355 e. The van der Waals surface area contributed by atoms with Gasteiger partial charge < -0.3 is 4.98 Å². The molecule has 2 aliphatic heterocycles. The van der Waals surface area contributed by atoms with Crippen LogP contribution in [-0.2, 0) is 6.42 Å². The zero-order chi connectivity index (χ0) is 26.7. The van der Waals surface area contributed by atoms with Crippen molar-refractivity contribution in [3.63, 3.8) is 0 Å². The van der Waals surface area contributed by atoms with Gasteiger partial charge in [-0.05, 0) is 108 Å². The Bertz CT molecular complexity index is 1980. The first kappa shape index (κ1) is 23.5. The Kier molecular flexibility index (Phi) is 5.42. The third-order valence-electron chi connectivity index (χ3n) is 8.36. The van der Waals surface area contributed by atoms with Gasteiger partial charge >= 0.3 is 0 Å². The van der Waals surface area contributed by atoms with Crippen molar-refractivity contribution in [2.45, 2.75) is 40.5 Å². The molecule has 188 valence electrons. The van der Waals surface area contributed by atoms with Gasteiger partial charge in [0.25, 0.3) is 0 Å². The topological polar surface area (TPSA) is 28.1 Å². The van der Waals surface area contributed by atoms with Crippen LogP contribution in [0, 0.1) is 6.92 Å². The molecule has 0 unspecified atom stereocenters. The highest BCUT2D eigenvalue weighted by atomic mass is 14.8. The Hall–Kier alpha value is -4.61. The Labute approximate surface area is 229 Å². The number of H-pyrrole nitrogens is 1. The average molecular weight is 503 g/mol. The SMILES string of the molecule is CCC1=C(C)C2=CC3=CC(=CC4=C=C(C=c5[nH]c(c(CC)c5C)=CC1=N2)C1=C=CC=CC=C41)c1ccccc13. The molecule has 8 bridgehead atoms. The number of hydrogen-bond acceptors (Lipinski definition) is 1. The molecule has 2 nitrogen and oxygen atoms in total. The van der Waals surface area contributed by atoms with Crippen molar-refractivity contribution in [2.24, 2.45) is 4.99 Å². The van der Waals surface area contributed by atoms with E-state index in [2.05, 4.69) is 111 Å². The van der Waals surface area contributed by atoms with Gasteiger partial charge in [-0.3, -0.25) is 0 Å². The Morgan fingerprint density at radius 3 is 2.38 bits per heavy atom. The normalized spacial score (nSPS) is 18.5. The predicted octanol–water partition coefficient (Wildman–Crippen LogP) is 7.05. The molecule has 1 aromatic heterocycles. The molecule has 2 heteroatoms. The summed E-state index contributed by atoms with van der Waals surface area (Å²) < 4.78 is 0. The number of aromatic amines is 1. The molecule has 7 rings (SSSR count). The van der Waals surface area contributed by atoms with Crippen molar-refractivity contribution in [3.8, 4) is 0 Å². The summed E-state index contributed by atoms with van der Waals surface area (Å²) in [6, 6.07) is 8.68. The minimum absolute atomic E-state index is 0.948. The van der Waals surface area contributed by atoms with Gasteiger partial charge in [0.2, 0.25) is 0 Å². The fraction of sp³-hybridized carbons (Fsp3) is 0.162. The highest BCUT2D eigenvalue weighted by Crippen LogP contribution is 2.41. The summed E-state index contributed by atoms with van der Waals surface area (Å²) in [7, 11) is 0. The van der Waals surface area contributed by atoms with Crippen LogP contribution in [0.5, 0.6) is 0 Å². The van der Waals surface area contributed by atoms with E-state index < -0.39 is 0 Å². The van der Waals surface area contributed by atoms with Crippen molar-refractivity contribution in [3.05, 3.63) is 150 Å². The fourth-order valence-electron chi connectivity index (χ4n) is 6.31. The standard InChI is InChI=1S/C37H30N2/c1-5-28-22(3)34-19-26-17-24(30-12-8-7-9-13-32(26)30)16-25-18-27(33-15-11-10-14-31(25)33)20-35-23(4)29(6-2)37(39-35)21-36(28)38-34/h7-12,14-16,18-21,38H,5-6H2,1-4H3. The molecule has 3 aliphatic carbocycles. The molecular formula is C37H30N2. The maximum absolute atomic E-state index is 5.19. The molecule has 0 saturated carbocycles. The van der Waals surface area contributed by atoms with Crippen molar-refractivity contribution >= 4 is 29.0 Å². The van der Waals surface area contributed by atoms with E-state index in [0.29, 0.717) is 0 Å². The highest BCUT2D eigenvalue weighted by Gasteiger charge is 2.25. The van der Waals surface area contributed by atoms with Crippen LogP contribution in [0.15, 0.2) is 122 Å². The van der Waals surface area contributed by atoms with Crippen LogP contribution in [-0.4, -0.2) is 10.7 Å². The van der Waals surface area contributed by atoms with Crippen LogP contribution in [0.25, 0.3) is 23.3 Å². The molecule has 5 aliphatic rings. The summed E-state index contributed by atoms with van der Waals surface area (Å²) in [5.74, 6) is 0. The van der Waals surface area contributed by atoms with E-state index in [0.717, 1.165) is 57.2 Å². The summed E-state index contributed by atoms with van der Waals surface area (Å²) in [6.07, 6.45) is 21.6. The molecule has 2 aromatic rings. The van der Waals surface area contributed by atoms with Gasteiger partial charge in [0, 0.05) is 33.0 Å². The molecule has 0 amide bonds. The lowest BCUT2D eigenvalue weighted by molar-refractivity contribution is 1.10. The third kappa shape index (κ3) is 3.69. The molecule has 0 spiro atoms. The van der Waals surface area contributed by atoms with Crippen LogP contribution in [0.1, 0.15) is 49.4 Å². The average Bonchev–Trinajstić information content (AvgIpc) is 3.56. The second kappa shape index (κ2) is 9.00. The molecular weight excluding hydrogens is 472 g/mol. The van der Waals surface area contributed by atoms with Crippen LogP contribution in [0.3, 0.4) is 0 Å². The molecule has 39 heavy (non-hydrogen) atoms. The Balaban J connectivity index is 1.59. The highest BCUT2D eigenvalue weighted by molar-refractivity contribution is 6.23. The molecule has 0 atom stereocenters. The number of allylic oxidation sites excluding steroid dienone is 13. The Morgan fingerprint density at radius 1 is 0.821 bits per heavy atom. The number of fused-ring (bicyclic) bond motifs is 10. The lowest BCUT2D eigenvalue weighted by Crippen LogP contribution is -2.15. The van der Waals surface area contributed by atoms with E-state index >= 15 is 0 Å². The summed E-state index contributed by atoms with van der Waals surface area (Å²) in [5.41, 5.74) is 23.8. The van der Waals surface area contributed by atoms with Gasteiger partial charge in [0.05, 0.1) is 11.4 Å². The van der Waals surface area contributed by atoms with E-state index in [1.165, 1.54) is 44.5 Å². The molecule has 1 N–H and O–H groups in total. The lowest BCUT2D eigenvalue weighted by atomic mass is 9.97. The number of rotatable bonds is 2. The first-order chi connectivity index (χ1) is 19.1. The van der Waals surface area contributed by atoms with E-state index in [9.17, 15) is 0 Å². The minimum atomic E-state index is 0.948. The van der Waals surface area contributed by atoms with Crippen molar-refractivity contribution in [1.29, 1.82) is 0 Å². The largest absolute Gasteiger partial charge is 0.355 e. The van der Waals surface area contributed by atoms with Gasteiger partial charge in [-0.1, -0.05) is 56.3 Å². The smallest absolute Gasteiger partial charge is 0.0693 e.